The normalized spacial score (nSPS) is 11.7. The number of carbonyl (C=O) groups excluding carboxylic acids is 1. The summed E-state index contributed by atoms with van der Waals surface area (Å²) in [4.78, 5) is 27.0. The van der Waals surface area contributed by atoms with E-state index in [0.717, 1.165) is 0 Å². The van der Waals surface area contributed by atoms with Crippen molar-refractivity contribution in [2.45, 2.75) is 12.5 Å². The summed E-state index contributed by atoms with van der Waals surface area (Å²) in [7, 11) is 0. The minimum Gasteiger partial charge on any atom is -0.480 e. The van der Waals surface area contributed by atoms with Gasteiger partial charge < -0.3 is 10.4 Å². The predicted octanol–water partition coefficient (Wildman–Crippen LogP) is 1.65. The summed E-state index contributed by atoms with van der Waals surface area (Å²) in [6, 6.07) is 7.45. The van der Waals surface area contributed by atoms with Gasteiger partial charge in [-0.2, -0.15) is 0 Å². The second kappa shape index (κ2) is 6.60. The minimum absolute atomic E-state index is 0.00389. The number of hydrogen-bond acceptors (Lipinski definition) is 3. The lowest BCUT2D eigenvalue weighted by Crippen LogP contribution is -2.42. The standard InChI is InChI=1S/C15H13FN2O3/c16-12-3-1-2-10(8-12)9-13(15(20)21)18-14(19)11-4-6-17-7-5-11/h1-8,13H,9H2,(H,18,19)(H,20,21)/t13-/m0/s1. The number of aromatic nitrogens is 1. The molecule has 0 aliphatic heterocycles. The van der Waals surface area contributed by atoms with Crippen molar-refractivity contribution in [2.75, 3.05) is 0 Å². The smallest absolute Gasteiger partial charge is 0.326 e. The van der Waals surface area contributed by atoms with Gasteiger partial charge in [0.1, 0.15) is 11.9 Å². The molecule has 1 aromatic heterocycles. The van der Waals surface area contributed by atoms with Gasteiger partial charge in [0.2, 0.25) is 0 Å². The lowest BCUT2D eigenvalue weighted by Gasteiger charge is -2.14. The quantitative estimate of drug-likeness (QED) is 0.876. The van der Waals surface area contributed by atoms with Crippen LogP contribution in [0.15, 0.2) is 48.8 Å². The Kier molecular flexibility index (Phi) is 4.61. The van der Waals surface area contributed by atoms with E-state index in [1.54, 1.807) is 6.07 Å². The number of nitrogens with one attached hydrogen (secondary N) is 1. The van der Waals surface area contributed by atoms with Gasteiger partial charge in [-0.3, -0.25) is 9.78 Å². The van der Waals surface area contributed by atoms with Gasteiger partial charge in [-0.1, -0.05) is 12.1 Å². The maximum absolute atomic E-state index is 13.1. The zero-order valence-electron chi connectivity index (χ0n) is 11.0. The number of benzene rings is 1. The second-order valence-corrected chi connectivity index (χ2v) is 4.43. The van der Waals surface area contributed by atoms with Crippen molar-refractivity contribution >= 4 is 11.9 Å². The average Bonchev–Trinajstić information content (AvgIpc) is 2.47. The molecule has 0 saturated carbocycles. The zero-order chi connectivity index (χ0) is 15.2. The summed E-state index contributed by atoms with van der Waals surface area (Å²) in [6.45, 7) is 0. The van der Waals surface area contributed by atoms with Crippen molar-refractivity contribution in [1.82, 2.24) is 10.3 Å². The molecule has 1 amide bonds. The van der Waals surface area contributed by atoms with E-state index in [0.29, 0.717) is 11.1 Å². The minimum atomic E-state index is -1.18. The van der Waals surface area contributed by atoms with Crippen LogP contribution in [0.5, 0.6) is 0 Å². The molecular weight excluding hydrogens is 275 g/mol. The van der Waals surface area contributed by atoms with Crippen molar-refractivity contribution in [3.05, 3.63) is 65.7 Å². The molecule has 0 aliphatic carbocycles. The highest BCUT2D eigenvalue weighted by atomic mass is 19.1. The Labute approximate surface area is 120 Å². The molecule has 0 fully saturated rings. The Morgan fingerprint density at radius 3 is 2.57 bits per heavy atom. The molecule has 1 heterocycles. The molecule has 0 bridgehead atoms. The van der Waals surface area contributed by atoms with Gasteiger partial charge in [0.15, 0.2) is 0 Å². The Morgan fingerprint density at radius 1 is 1.24 bits per heavy atom. The maximum atomic E-state index is 13.1. The van der Waals surface area contributed by atoms with Crippen LogP contribution in [0.25, 0.3) is 0 Å². The number of hydrogen-bond donors (Lipinski definition) is 2. The molecule has 6 heteroatoms. The fourth-order valence-electron chi connectivity index (χ4n) is 1.84. The van der Waals surface area contributed by atoms with E-state index in [9.17, 15) is 19.1 Å². The monoisotopic (exact) mass is 288 g/mol. The lowest BCUT2D eigenvalue weighted by atomic mass is 10.1. The first kappa shape index (κ1) is 14.6. The molecular formula is C15H13FN2O3. The lowest BCUT2D eigenvalue weighted by molar-refractivity contribution is -0.139. The van der Waals surface area contributed by atoms with E-state index >= 15 is 0 Å². The van der Waals surface area contributed by atoms with Gasteiger partial charge in [0.25, 0.3) is 5.91 Å². The molecule has 2 aromatic rings. The number of aliphatic carboxylic acids is 1. The summed E-state index contributed by atoms with van der Waals surface area (Å²) in [5.41, 5.74) is 0.813. The fraction of sp³-hybridized carbons (Fsp3) is 0.133. The second-order valence-electron chi connectivity index (χ2n) is 4.43. The van der Waals surface area contributed by atoms with Gasteiger partial charge in [0, 0.05) is 24.4 Å². The fourth-order valence-corrected chi connectivity index (χ4v) is 1.84. The Balaban J connectivity index is 2.09. The molecule has 0 aliphatic rings. The average molecular weight is 288 g/mol. The van der Waals surface area contributed by atoms with Gasteiger partial charge in [-0.15, -0.1) is 0 Å². The first-order chi connectivity index (χ1) is 10.1. The predicted molar refractivity (Wildman–Crippen MR) is 73.2 cm³/mol. The van der Waals surface area contributed by atoms with Gasteiger partial charge in [-0.25, -0.2) is 9.18 Å². The van der Waals surface area contributed by atoms with Crippen LogP contribution in [0.3, 0.4) is 0 Å². The molecule has 2 N–H and O–H groups in total. The summed E-state index contributed by atoms with van der Waals surface area (Å²) in [6.07, 6.45) is 2.89. The van der Waals surface area contributed by atoms with Gasteiger partial charge in [0.05, 0.1) is 0 Å². The van der Waals surface area contributed by atoms with Crippen LogP contribution in [-0.4, -0.2) is 28.0 Å². The highest BCUT2D eigenvalue weighted by Gasteiger charge is 2.21. The van der Waals surface area contributed by atoms with E-state index in [4.69, 9.17) is 0 Å². The van der Waals surface area contributed by atoms with E-state index in [2.05, 4.69) is 10.3 Å². The Bertz CT molecular complexity index is 646. The van der Waals surface area contributed by atoms with E-state index in [-0.39, 0.29) is 6.42 Å². The van der Waals surface area contributed by atoms with Crippen LogP contribution >= 0.6 is 0 Å². The third-order valence-electron chi connectivity index (χ3n) is 2.87. The molecule has 0 saturated heterocycles. The first-order valence-electron chi connectivity index (χ1n) is 6.24. The SMILES string of the molecule is O=C(N[C@@H](Cc1cccc(F)c1)C(=O)O)c1ccncc1. The van der Waals surface area contributed by atoms with Gasteiger partial charge in [-0.05, 0) is 29.8 Å². The molecule has 5 nitrogen and oxygen atoms in total. The molecule has 21 heavy (non-hydrogen) atoms. The summed E-state index contributed by atoms with van der Waals surface area (Å²) in [5, 5.41) is 11.6. The summed E-state index contributed by atoms with van der Waals surface area (Å²) >= 11 is 0. The Hall–Kier alpha value is -2.76. The molecule has 1 atom stereocenters. The molecule has 2 rings (SSSR count). The number of pyridine rings is 1. The third kappa shape index (κ3) is 4.10. The summed E-state index contributed by atoms with van der Waals surface area (Å²) in [5.74, 6) is -2.14. The van der Waals surface area contributed by atoms with E-state index < -0.39 is 23.7 Å². The topological polar surface area (TPSA) is 79.3 Å². The van der Waals surface area contributed by atoms with Crippen molar-refractivity contribution in [2.24, 2.45) is 0 Å². The van der Waals surface area contributed by atoms with E-state index in [1.165, 1.54) is 42.7 Å². The number of carbonyl (C=O) groups is 2. The number of carboxylic acids is 1. The molecule has 0 spiro atoms. The Morgan fingerprint density at radius 2 is 1.95 bits per heavy atom. The van der Waals surface area contributed by atoms with Crippen molar-refractivity contribution in [1.29, 1.82) is 0 Å². The summed E-state index contributed by atoms with van der Waals surface area (Å²) < 4.78 is 13.1. The molecule has 0 radical (unpaired) electrons. The first-order valence-corrected chi connectivity index (χ1v) is 6.24. The molecule has 0 unspecified atom stereocenters. The van der Waals surface area contributed by atoms with Crippen LogP contribution in [0.2, 0.25) is 0 Å². The number of rotatable bonds is 5. The molecule has 1 aromatic carbocycles. The van der Waals surface area contributed by atoms with E-state index in [1.807, 2.05) is 0 Å². The highest BCUT2D eigenvalue weighted by molar-refractivity contribution is 5.96. The van der Waals surface area contributed by atoms with Crippen LogP contribution < -0.4 is 5.32 Å². The van der Waals surface area contributed by atoms with Crippen LogP contribution in [0, 0.1) is 5.82 Å². The zero-order valence-corrected chi connectivity index (χ0v) is 11.0. The number of carboxylic acid groups (broad SMARTS) is 1. The largest absolute Gasteiger partial charge is 0.480 e. The van der Waals surface area contributed by atoms with Crippen molar-refractivity contribution in [3.8, 4) is 0 Å². The third-order valence-corrected chi connectivity index (χ3v) is 2.87. The maximum Gasteiger partial charge on any atom is 0.326 e. The molecule has 108 valence electrons. The number of nitrogens with zero attached hydrogens (tertiary/aromatic N) is 1. The van der Waals surface area contributed by atoms with Crippen LogP contribution in [0.4, 0.5) is 4.39 Å². The number of halogens is 1. The van der Waals surface area contributed by atoms with Crippen LogP contribution in [-0.2, 0) is 11.2 Å². The van der Waals surface area contributed by atoms with Crippen LogP contribution in [0.1, 0.15) is 15.9 Å². The number of amides is 1. The van der Waals surface area contributed by atoms with Crippen molar-refractivity contribution in [3.63, 3.8) is 0 Å². The van der Waals surface area contributed by atoms with Crippen molar-refractivity contribution < 1.29 is 19.1 Å². The highest BCUT2D eigenvalue weighted by Crippen LogP contribution is 2.08. The van der Waals surface area contributed by atoms with Gasteiger partial charge >= 0.3 is 5.97 Å².